The fraction of sp³-hybridized carbons (Fsp3) is 0.562. The lowest BCUT2D eigenvalue weighted by atomic mass is 9.80. The van der Waals surface area contributed by atoms with E-state index in [-0.39, 0.29) is 5.91 Å². The Morgan fingerprint density at radius 3 is 3.10 bits per heavy atom. The molecule has 0 bridgehead atoms. The Labute approximate surface area is 119 Å². The molecule has 0 unspecified atom stereocenters. The van der Waals surface area contributed by atoms with Crippen molar-refractivity contribution in [2.24, 2.45) is 5.92 Å². The van der Waals surface area contributed by atoms with Gasteiger partial charge in [0.2, 0.25) is 5.91 Å². The highest BCUT2D eigenvalue weighted by atomic mass is 16.5. The van der Waals surface area contributed by atoms with E-state index in [4.69, 9.17) is 4.74 Å². The lowest BCUT2D eigenvalue weighted by Crippen LogP contribution is -2.33. The third-order valence-electron chi connectivity index (χ3n) is 4.17. The molecule has 2 aliphatic rings. The van der Waals surface area contributed by atoms with Crippen LogP contribution < -0.4 is 10.6 Å². The SMILES string of the molecule is CCOC1CC(CC(=O)Nc2ccc3c(c2)CCN3)C1. The zero-order valence-corrected chi connectivity index (χ0v) is 11.9. The number of carbonyl (C=O) groups excluding carboxylic acids is 1. The predicted octanol–water partition coefficient (Wildman–Crippen LogP) is 2.80. The second-order valence-corrected chi connectivity index (χ2v) is 5.72. The fourth-order valence-corrected chi connectivity index (χ4v) is 3.07. The highest BCUT2D eigenvalue weighted by molar-refractivity contribution is 5.91. The van der Waals surface area contributed by atoms with Crippen molar-refractivity contribution >= 4 is 17.3 Å². The summed E-state index contributed by atoms with van der Waals surface area (Å²) in [5.74, 6) is 0.610. The zero-order valence-electron chi connectivity index (χ0n) is 11.9. The van der Waals surface area contributed by atoms with Crippen LogP contribution in [0, 0.1) is 5.92 Å². The topological polar surface area (TPSA) is 50.4 Å². The maximum atomic E-state index is 12.0. The first-order valence-corrected chi connectivity index (χ1v) is 7.53. The summed E-state index contributed by atoms with van der Waals surface area (Å²) >= 11 is 0. The van der Waals surface area contributed by atoms with Gasteiger partial charge in [0.25, 0.3) is 0 Å². The number of hydrogen-bond donors (Lipinski definition) is 2. The average Bonchev–Trinajstić information content (AvgIpc) is 2.83. The number of carbonyl (C=O) groups is 1. The van der Waals surface area contributed by atoms with E-state index >= 15 is 0 Å². The van der Waals surface area contributed by atoms with Crippen LogP contribution in [0.25, 0.3) is 0 Å². The highest BCUT2D eigenvalue weighted by Crippen LogP contribution is 2.33. The maximum absolute atomic E-state index is 12.0. The van der Waals surface area contributed by atoms with Crippen molar-refractivity contribution in [3.63, 3.8) is 0 Å². The Kier molecular flexibility index (Phi) is 3.92. The molecule has 1 aliphatic heterocycles. The molecule has 0 aromatic heterocycles. The van der Waals surface area contributed by atoms with Gasteiger partial charge in [-0.3, -0.25) is 4.79 Å². The van der Waals surface area contributed by atoms with Crippen molar-refractivity contribution in [2.75, 3.05) is 23.8 Å². The summed E-state index contributed by atoms with van der Waals surface area (Å²) in [6.45, 7) is 3.78. The average molecular weight is 274 g/mol. The van der Waals surface area contributed by atoms with Gasteiger partial charge in [-0.05, 0) is 55.9 Å². The third kappa shape index (κ3) is 2.96. The van der Waals surface area contributed by atoms with Crippen LogP contribution in [-0.2, 0) is 16.0 Å². The number of ether oxygens (including phenoxy) is 1. The zero-order chi connectivity index (χ0) is 13.9. The van der Waals surface area contributed by atoms with E-state index in [9.17, 15) is 4.79 Å². The van der Waals surface area contributed by atoms with E-state index in [2.05, 4.69) is 16.7 Å². The maximum Gasteiger partial charge on any atom is 0.224 e. The Hall–Kier alpha value is -1.55. The molecular formula is C16H22N2O2. The van der Waals surface area contributed by atoms with E-state index in [1.54, 1.807) is 0 Å². The Bertz CT molecular complexity index is 495. The van der Waals surface area contributed by atoms with Crippen molar-refractivity contribution in [2.45, 2.75) is 38.7 Å². The molecule has 1 fully saturated rings. The first kappa shape index (κ1) is 13.4. The van der Waals surface area contributed by atoms with Crippen LogP contribution in [0.1, 0.15) is 31.7 Å². The number of rotatable bonds is 5. The van der Waals surface area contributed by atoms with Gasteiger partial charge in [0, 0.05) is 30.9 Å². The van der Waals surface area contributed by atoms with E-state index < -0.39 is 0 Å². The summed E-state index contributed by atoms with van der Waals surface area (Å²) in [4.78, 5) is 12.0. The molecule has 1 heterocycles. The van der Waals surface area contributed by atoms with Gasteiger partial charge in [-0.1, -0.05) is 0 Å². The number of fused-ring (bicyclic) bond motifs is 1. The predicted molar refractivity (Wildman–Crippen MR) is 80.0 cm³/mol. The van der Waals surface area contributed by atoms with Crippen LogP contribution in [0.2, 0.25) is 0 Å². The number of amides is 1. The molecule has 4 heteroatoms. The second-order valence-electron chi connectivity index (χ2n) is 5.72. The number of anilines is 2. The van der Waals surface area contributed by atoms with Crippen LogP contribution in [0.15, 0.2) is 18.2 Å². The second kappa shape index (κ2) is 5.83. The summed E-state index contributed by atoms with van der Waals surface area (Å²) in [5.41, 5.74) is 3.41. The first-order chi connectivity index (χ1) is 9.74. The summed E-state index contributed by atoms with van der Waals surface area (Å²) in [6, 6.07) is 6.10. The number of benzene rings is 1. The van der Waals surface area contributed by atoms with Gasteiger partial charge in [0.05, 0.1) is 6.10 Å². The molecule has 3 rings (SSSR count). The van der Waals surface area contributed by atoms with Crippen molar-refractivity contribution in [3.05, 3.63) is 23.8 Å². The van der Waals surface area contributed by atoms with Crippen molar-refractivity contribution in [1.82, 2.24) is 0 Å². The van der Waals surface area contributed by atoms with Crippen molar-refractivity contribution in [3.8, 4) is 0 Å². The Morgan fingerprint density at radius 1 is 1.45 bits per heavy atom. The van der Waals surface area contributed by atoms with Crippen LogP contribution in [0.3, 0.4) is 0 Å². The summed E-state index contributed by atoms with van der Waals surface area (Å²) < 4.78 is 5.52. The molecule has 20 heavy (non-hydrogen) atoms. The Morgan fingerprint density at radius 2 is 2.30 bits per heavy atom. The van der Waals surface area contributed by atoms with E-state index in [1.165, 1.54) is 11.3 Å². The smallest absolute Gasteiger partial charge is 0.224 e. The molecule has 0 radical (unpaired) electrons. The molecule has 1 aromatic carbocycles. The monoisotopic (exact) mass is 274 g/mol. The van der Waals surface area contributed by atoms with E-state index in [0.29, 0.717) is 18.4 Å². The van der Waals surface area contributed by atoms with Crippen molar-refractivity contribution in [1.29, 1.82) is 0 Å². The molecule has 0 atom stereocenters. The summed E-state index contributed by atoms with van der Waals surface area (Å²) in [7, 11) is 0. The van der Waals surface area contributed by atoms with Crippen LogP contribution in [0.4, 0.5) is 11.4 Å². The lowest BCUT2D eigenvalue weighted by molar-refractivity contribution is -0.119. The summed E-state index contributed by atoms with van der Waals surface area (Å²) in [5, 5.41) is 6.33. The molecule has 0 spiro atoms. The molecule has 2 N–H and O–H groups in total. The van der Waals surface area contributed by atoms with E-state index in [1.807, 2.05) is 19.1 Å². The van der Waals surface area contributed by atoms with Gasteiger partial charge in [0.1, 0.15) is 0 Å². The van der Waals surface area contributed by atoms with Gasteiger partial charge >= 0.3 is 0 Å². The molecule has 1 aromatic rings. The Balaban J connectivity index is 1.47. The molecule has 1 saturated carbocycles. The quantitative estimate of drug-likeness (QED) is 0.868. The molecule has 0 saturated heterocycles. The largest absolute Gasteiger partial charge is 0.384 e. The van der Waals surface area contributed by atoms with Gasteiger partial charge in [-0.15, -0.1) is 0 Å². The molecule has 1 aliphatic carbocycles. The van der Waals surface area contributed by atoms with Gasteiger partial charge in [-0.2, -0.15) is 0 Å². The third-order valence-corrected chi connectivity index (χ3v) is 4.17. The lowest BCUT2D eigenvalue weighted by Gasteiger charge is -2.34. The van der Waals surface area contributed by atoms with Gasteiger partial charge in [0.15, 0.2) is 0 Å². The standard InChI is InChI=1S/C16H22N2O2/c1-2-20-14-7-11(8-14)9-16(19)18-13-3-4-15-12(10-13)5-6-17-15/h3-4,10-11,14,17H,2,5-9H2,1H3,(H,18,19). The van der Waals surface area contributed by atoms with Crippen LogP contribution in [-0.4, -0.2) is 25.2 Å². The molecule has 4 nitrogen and oxygen atoms in total. The highest BCUT2D eigenvalue weighted by Gasteiger charge is 2.31. The molecule has 1 amide bonds. The first-order valence-electron chi connectivity index (χ1n) is 7.53. The minimum atomic E-state index is 0.121. The minimum Gasteiger partial charge on any atom is -0.384 e. The van der Waals surface area contributed by atoms with Crippen LogP contribution in [0.5, 0.6) is 0 Å². The fourth-order valence-electron chi connectivity index (χ4n) is 3.07. The molecular weight excluding hydrogens is 252 g/mol. The van der Waals surface area contributed by atoms with E-state index in [0.717, 1.165) is 38.1 Å². The normalized spacial score (nSPS) is 23.6. The number of hydrogen-bond acceptors (Lipinski definition) is 3. The van der Waals surface area contributed by atoms with Crippen molar-refractivity contribution < 1.29 is 9.53 Å². The minimum absolute atomic E-state index is 0.121. The number of nitrogens with one attached hydrogen (secondary N) is 2. The molecule has 108 valence electrons. The van der Waals surface area contributed by atoms with Gasteiger partial charge < -0.3 is 15.4 Å². The summed E-state index contributed by atoms with van der Waals surface area (Å²) in [6.07, 6.45) is 4.07. The van der Waals surface area contributed by atoms with Crippen LogP contribution >= 0.6 is 0 Å². The van der Waals surface area contributed by atoms with Gasteiger partial charge in [-0.25, -0.2) is 0 Å².